The maximum absolute atomic E-state index is 13.7. The minimum atomic E-state index is -1.83. The number of aryl methyl sites for hydroxylation is 1. The smallest absolute Gasteiger partial charge is 0.254 e. The molecule has 1 N–H and O–H groups in total. The quantitative estimate of drug-likeness (QED) is 0.252. The molecule has 35 heavy (non-hydrogen) atoms. The minimum absolute atomic E-state index is 0.0221. The van der Waals surface area contributed by atoms with E-state index in [1.807, 2.05) is 13.0 Å². The zero-order valence-electron chi connectivity index (χ0n) is 19.3. The Balaban J connectivity index is 1.72. The van der Waals surface area contributed by atoms with Crippen molar-refractivity contribution in [2.75, 3.05) is 12.0 Å². The molecule has 186 valence electrons. The standard InChI is InChI=1S/C25H25BrCl2N2O5/c1-3-8-29-20(32)15-6-5-14-16(18(15)21(29)33)10-24(27)22(34)30(11-26)23(35)25(24,28)19(14)13-4-7-17(31)12(2)9-13/h4-5,7,9,15-16,18-19,31H,3,6,8,10-11H2,1-2H3/t15-,16+,18-,19-,24+,25-/m0/s1. The lowest BCUT2D eigenvalue weighted by Crippen LogP contribution is -2.60. The Labute approximate surface area is 221 Å². The van der Waals surface area contributed by atoms with Gasteiger partial charge in [-0.25, -0.2) is 0 Å². The Morgan fingerprint density at radius 3 is 2.43 bits per heavy atom. The molecule has 10 heteroatoms. The van der Waals surface area contributed by atoms with Crippen LogP contribution in [-0.4, -0.2) is 60.3 Å². The fraction of sp³-hybridized carbons (Fsp3) is 0.520. The first-order valence-corrected chi connectivity index (χ1v) is 13.6. The van der Waals surface area contributed by atoms with Crippen molar-refractivity contribution in [3.63, 3.8) is 0 Å². The summed E-state index contributed by atoms with van der Waals surface area (Å²) < 4.78 is 0. The molecular formula is C25H25BrCl2N2O5. The molecule has 1 saturated carbocycles. The Morgan fingerprint density at radius 1 is 1.09 bits per heavy atom. The first kappa shape index (κ1) is 24.8. The third-order valence-electron chi connectivity index (χ3n) is 8.11. The molecule has 2 aliphatic heterocycles. The van der Waals surface area contributed by atoms with E-state index in [1.54, 1.807) is 19.1 Å². The van der Waals surface area contributed by atoms with Crippen LogP contribution in [0, 0.1) is 24.7 Å². The molecule has 2 heterocycles. The number of halogens is 3. The molecule has 0 aromatic heterocycles. The van der Waals surface area contributed by atoms with Crippen LogP contribution in [0.15, 0.2) is 29.8 Å². The van der Waals surface area contributed by atoms with Gasteiger partial charge in [0.25, 0.3) is 11.8 Å². The van der Waals surface area contributed by atoms with E-state index in [-0.39, 0.29) is 29.4 Å². The molecule has 6 atom stereocenters. The van der Waals surface area contributed by atoms with Crippen molar-refractivity contribution in [3.8, 4) is 5.75 Å². The number of aromatic hydroxyl groups is 1. The zero-order chi connectivity index (χ0) is 25.4. The van der Waals surface area contributed by atoms with Crippen molar-refractivity contribution >= 4 is 62.8 Å². The van der Waals surface area contributed by atoms with Crippen molar-refractivity contribution in [2.24, 2.45) is 17.8 Å². The Hall–Kier alpha value is -1.90. The van der Waals surface area contributed by atoms with Gasteiger partial charge in [0.15, 0.2) is 9.75 Å². The first-order chi connectivity index (χ1) is 16.5. The van der Waals surface area contributed by atoms with Gasteiger partial charge >= 0.3 is 0 Å². The molecule has 4 amide bonds. The lowest BCUT2D eigenvalue weighted by Gasteiger charge is -2.50. The van der Waals surface area contributed by atoms with Gasteiger partial charge in [-0.3, -0.25) is 29.0 Å². The highest BCUT2D eigenvalue weighted by molar-refractivity contribution is 9.09. The van der Waals surface area contributed by atoms with Crippen molar-refractivity contribution in [3.05, 3.63) is 41.0 Å². The number of carbonyl (C=O) groups excluding carboxylic acids is 4. The summed E-state index contributed by atoms with van der Waals surface area (Å²) in [5, 5.41) is 10.1. The number of allylic oxidation sites excluding steroid dienone is 2. The van der Waals surface area contributed by atoms with Gasteiger partial charge in [-0.05, 0) is 49.3 Å². The predicted octanol–water partition coefficient (Wildman–Crippen LogP) is 3.82. The molecule has 1 aromatic carbocycles. The lowest BCUT2D eigenvalue weighted by atomic mass is 9.56. The number of phenolic OH excluding ortho intramolecular Hbond substituents is 1. The van der Waals surface area contributed by atoms with E-state index in [0.29, 0.717) is 30.5 Å². The van der Waals surface area contributed by atoms with E-state index in [1.165, 1.54) is 11.0 Å². The number of hydrogen-bond acceptors (Lipinski definition) is 5. The molecule has 2 aliphatic carbocycles. The van der Waals surface area contributed by atoms with Crippen LogP contribution >= 0.6 is 39.1 Å². The molecule has 0 bridgehead atoms. The van der Waals surface area contributed by atoms with Crippen LogP contribution in [0.25, 0.3) is 0 Å². The SMILES string of the molecule is CCCN1C(=O)[C@H]2[C@H](CC=C3[C@H]2C[C@@]2(Cl)C(=O)N(CBr)C(=O)[C@@]2(Cl)[C@H]3c2ccc(O)c(C)c2)C1=O. The van der Waals surface area contributed by atoms with Crippen LogP contribution in [0.2, 0.25) is 0 Å². The van der Waals surface area contributed by atoms with Gasteiger partial charge in [-0.1, -0.05) is 46.6 Å². The topological polar surface area (TPSA) is 95.0 Å². The van der Waals surface area contributed by atoms with Crippen molar-refractivity contribution in [1.82, 2.24) is 9.80 Å². The average molecular weight is 584 g/mol. The summed E-state index contributed by atoms with van der Waals surface area (Å²) >= 11 is 17.5. The van der Waals surface area contributed by atoms with Crippen molar-refractivity contribution in [1.29, 1.82) is 0 Å². The highest BCUT2D eigenvalue weighted by atomic mass is 79.9. The average Bonchev–Trinajstić information content (AvgIpc) is 3.15. The Morgan fingerprint density at radius 2 is 1.80 bits per heavy atom. The Bertz CT molecular complexity index is 1200. The fourth-order valence-corrected chi connectivity index (χ4v) is 7.92. The number of nitrogens with zero attached hydrogens (tertiary/aromatic N) is 2. The number of amides is 4. The Kier molecular flexibility index (Phi) is 5.89. The van der Waals surface area contributed by atoms with Crippen LogP contribution in [0.4, 0.5) is 0 Å². The van der Waals surface area contributed by atoms with E-state index in [0.717, 1.165) is 10.5 Å². The maximum atomic E-state index is 13.7. The van der Waals surface area contributed by atoms with E-state index in [9.17, 15) is 24.3 Å². The fourth-order valence-electron chi connectivity index (χ4n) is 6.49. The van der Waals surface area contributed by atoms with Crippen LogP contribution in [0.1, 0.15) is 43.2 Å². The summed E-state index contributed by atoms with van der Waals surface area (Å²) in [5.41, 5.74) is 1.88. The van der Waals surface area contributed by atoms with E-state index < -0.39 is 45.2 Å². The molecule has 3 fully saturated rings. The number of carbonyl (C=O) groups is 4. The second-order valence-corrected chi connectivity index (χ2v) is 11.6. The molecule has 7 nitrogen and oxygen atoms in total. The molecule has 2 saturated heterocycles. The number of rotatable bonds is 4. The summed E-state index contributed by atoms with van der Waals surface area (Å²) in [6.07, 6.45) is 2.89. The highest BCUT2D eigenvalue weighted by Crippen LogP contribution is 2.65. The number of phenols is 1. The second-order valence-electron chi connectivity index (χ2n) is 9.86. The van der Waals surface area contributed by atoms with Gasteiger partial charge in [0, 0.05) is 12.5 Å². The van der Waals surface area contributed by atoms with E-state index in [2.05, 4.69) is 15.9 Å². The van der Waals surface area contributed by atoms with Crippen LogP contribution < -0.4 is 0 Å². The third-order valence-corrected chi connectivity index (χ3v) is 10.0. The normalized spacial score (nSPS) is 36.3. The van der Waals surface area contributed by atoms with E-state index >= 15 is 0 Å². The van der Waals surface area contributed by atoms with Gasteiger partial charge in [0.05, 0.1) is 17.3 Å². The molecule has 4 aliphatic rings. The largest absolute Gasteiger partial charge is 0.508 e. The molecule has 0 radical (unpaired) electrons. The lowest BCUT2D eigenvalue weighted by molar-refractivity contribution is -0.141. The van der Waals surface area contributed by atoms with Gasteiger partial charge in [0.1, 0.15) is 5.75 Å². The van der Waals surface area contributed by atoms with Crippen molar-refractivity contribution < 1.29 is 24.3 Å². The number of imide groups is 2. The number of hydrogen-bond donors (Lipinski definition) is 1. The summed E-state index contributed by atoms with van der Waals surface area (Å²) in [6, 6.07) is 4.92. The zero-order valence-corrected chi connectivity index (χ0v) is 22.4. The number of alkyl halides is 3. The van der Waals surface area contributed by atoms with Gasteiger partial charge in [0.2, 0.25) is 11.8 Å². The number of fused-ring (bicyclic) bond motifs is 4. The maximum Gasteiger partial charge on any atom is 0.254 e. The number of benzene rings is 1. The molecule has 0 unspecified atom stereocenters. The second kappa shape index (κ2) is 8.32. The summed E-state index contributed by atoms with van der Waals surface area (Å²) in [7, 11) is 0. The van der Waals surface area contributed by atoms with Crippen molar-refractivity contribution in [2.45, 2.75) is 48.8 Å². The van der Waals surface area contributed by atoms with Gasteiger partial charge in [-0.15, -0.1) is 23.2 Å². The first-order valence-electron chi connectivity index (χ1n) is 11.7. The molecule has 5 rings (SSSR count). The van der Waals surface area contributed by atoms with Crippen LogP contribution in [-0.2, 0) is 19.2 Å². The van der Waals surface area contributed by atoms with Crippen LogP contribution in [0.3, 0.4) is 0 Å². The molecular weight excluding hydrogens is 559 g/mol. The minimum Gasteiger partial charge on any atom is -0.508 e. The van der Waals surface area contributed by atoms with Gasteiger partial charge < -0.3 is 5.11 Å². The van der Waals surface area contributed by atoms with Gasteiger partial charge in [-0.2, -0.15) is 0 Å². The number of likely N-dealkylation sites (tertiary alicyclic amines) is 2. The van der Waals surface area contributed by atoms with Crippen LogP contribution in [0.5, 0.6) is 5.75 Å². The summed E-state index contributed by atoms with van der Waals surface area (Å²) in [4.78, 5) is 52.4. The molecule has 0 spiro atoms. The monoisotopic (exact) mass is 582 g/mol. The highest BCUT2D eigenvalue weighted by Gasteiger charge is 2.76. The predicted molar refractivity (Wildman–Crippen MR) is 133 cm³/mol. The molecule has 1 aromatic rings. The van der Waals surface area contributed by atoms with E-state index in [4.69, 9.17) is 23.2 Å². The third kappa shape index (κ3) is 3.08. The summed E-state index contributed by atoms with van der Waals surface area (Å²) in [6.45, 7) is 3.98. The summed E-state index contributed by atoms with van der Waals surface area (Å²) in [5.74, 6) is -4.10.